The van der Waals surface area contributed by atoms with Crippen molar-refractivity contribution in [3.8, 4) is 0 Å². The monoisotopic (exact) mass is 1830 g/mol. The molecule has 0 spiro atoms. The highest BCUT2D eigenvalue weighted by Crippen LogP contribution is 2.66. The first-order valence-corrected chi connectivity index (χ1v) is 62.4. The fraction of sp³-hybridized carbons (Fsp3) is 0.969. The Labute approximate surface area is 825 Å². The summed E-state index contributed by atoms with van der Waals surface area (Å²) in [5, 5.41) is 0. The SMILES string of the molecule is C.CC(C)C1C2C=CCCC21.CC(C)C1C2CC=CCC21.CC(C)C1C2CCCC21.CC(C)C1C2CCCC21.CC(C)C1C2CCCC21.CC(C)C1C2CCCCC21.CC(C)C1C2CCSCC21.CC(C)C1CC2CCCC21.CC(C)C1CC2CCCC21.CC(C)C1CC2CCCC21.CC(C)C1CC2CCCC2C1.CC(C)C1CC2CCCC2C1.CC(C)C1CC2CCCC2C1. The van der Waals surface area contributed by atoms with Gasteiger partial charge in [-0.05, 0) is 480 Å². The quantitative estimate of drug-likeness (QED) is 0.166. The van der Waals surface area contributed by atoms with Gasteiger partial charge in [-0.25, -0.2) is 0 Å². The van der Waals surface area contributed by atoms with Gasteiger partial charge in [-0.15, -0.1) is 0 Å². The molecule has 1 heterocycles. The maximum absolute atomic E-state index is 2.44. The van der Waals surface area contributed by atoms with Gasteiger partial charge in [0.2, 0.25) is 0 Å². The highest BCUT2D eigenvalue weighted by atomic mass is 32.2. The van der Waals surface area contributed by atoms with Crippen LogP contribution in [-0.2, 0) is 0 Å². The first-order chi connectivity index (χ1) is 62.3. The lowest BCUT2D eigenvalue weighted by Crippen LogP contribution is -2.35. The minimum absolute atomic E-state index is 0. The second kappa shape index (κ2) is 49.9. The van der Waals surface area contributed by atoms with Crippen LogP contribution in [0.2, 0.25) is 0 Å². The maximum atomic E-state index is 2.44. The van der Waals surface area contributed by atoms with Gasteiger partial charge in [-0.2, -0.15) is 11.8 Å². The van der Waals surface area contributed by atoms with E-state index in [9.17, 15) is 0 Å². The Morgan fingerprint density at radius 1 is 0.191 bits per heavy atom. The van der Waals surface area contributed by atoms with Gasteiger partial charge in [0.05, 0.1) is 0 Å². The zero-order chi connectivity index (χ0) is 92.8. The number of rotatable bonds is 13. The molecule has 24 fully saturated rings. The summed E-state index contributed by atoms with van der Waals surface area (Å²) in [4.78, 5) is 0. The van der Waals surface area contributed by atoms with Crippen molar-refractivity contribution in [1.29, 1.82) is 0 Å². The molecule has 31 atom stereocenters. The molecule has 25 aliphatic carbocycles. The minimum Gasteiger partial charge on any atom is -0.162 e. The van der Waals surface area contributed by atoms with Crippen molar-refractivity contribution >= 4 is 11.8 Å². The molecule has 1 heteroatoms. The van der Waals surface area contributed by atoms with Gasteiger partial charge in [0.15, 0.2) is 0 Å². The van der Waals surface area contributed by atoms with Crippen LogP contribution in [0.25, 0.3) is 0 Å². The van der Waals surface area contributed by atoms with Crippen LogP contribution in [-0.4, -0.2) is 11.5 Å². The molecule has 0 aromatic heterocycles. The molecule has 758 valence electrons. The summed E-state index contributed by atoms with van der Waals surface area (Å²) in [6.45, 7) is 62.0. The van der Waals surface area contributed by atoms with Crippen molar-refractivity contribution in [3.63, 3.8) is 0 Å². The minimum atomic E-state index is 0. The number of hydrogen-bond acceptors (Lipinski definition) is 1. The Bertz CT molecular complexity index is 2900. The molecule has 26 aliphatic rings. The van der Waals surface area contributed by atoms with Crippen LogP contribution in [0.15, 0.2) is 24.3 Å². The van der Waals surface area contributed by atoms with Crippen LogP contribution >= 0.6 is 11.8 Å². The topological polar surface area (TPSA) is 0 Å². The van der Waals surface area contributed by atoms with E-state index < -0.39 is 0 Å². The van der Waals surface area contributed by atoms with Crippen LogP contribution in [0.4, 0.5) is 0 Å². The van der Waals surface area contributed by atoms with Crippen molar-refractivity contribution in [2.24, 2.45) is 308 Å². The Balaban J connectivity index is 0.000000121. The lowest BCUT2D eigenvalue weighted by molar-refractivity contribution is 0.0621. The summed E-state index contributed by atoms with van der Waals surface area (Å²) >= 11 is 2.17. The molecule has 131 heavy (non-hydrogen) atoms. The van der Waals surface area contributed by atoms with Crippen LogP contribution in [0, 0.1) is 308 Å². The van der Waals surface area contributed by atoms with Crippen LogP contribution in [0.3, 0.4) is 0 Å². The first-order valence-electron chi connectivity index (χ1n) is 61.2. The lowest BCUT2D eigenvalue weighted by atomic mass is 9.62. The third-order valence-electron chi connectivity index (χ3n) is 45.5. The van der Waals surface area contributed by atoms with Gasteiger partial charge in [-0.1, -0.05) is 340 Å². The van der Waals surface area contributed by atoms with E-state index in [1.54, 1.807) is 186 Å². The second-order valence-electron chi connectivity index (χ2n) is 57.1. The molecule has 0 nitrogen and oxygen atoms in total. The molecule has 0 N–H and O–H groups in total. The fourth-order valence-corrected chi connectivity index (χ4v) is 39.2. The second-order valence-corrected chi connectivity index (χ2v) is 58.3. The summed E-state index contributed by atoms with van der Waals surface area (Å²) in [5.74, 6) is 59.2. The molecule has 0 aromatic rings. The summed E-state index contributed by atoms with van der Waals surface area (Å²) in [6.07, 6.45) is 78.4. The van der Waals surface area contributed by atoms with Crippen molar-refractivity contribution in [2.45, 2.75) is 476 Å². The van der Waals surface area contributed by atoms with E-state index in [4.69, 9.17) is 0 Å². The zero-order valence-corrected chi connectivity index (χ0v) is 92.8. The highest BCUT2D eigenvalue weighted by molar-refractivity contribution is 7.99. The zero-order valence-electron chi connectivity index (χ0n) is 92.0. The normalized spacial score (nSPS) is 44.7. The highest BCUT2D eigenvalue weighted by Gasteiger charge is 2.58. The Morgan fingerprint density at radius 3 is 0.664 bits per heavy atom. The molecular weight excluding hydrogens is 1590 g/mol. The van der Waals surface area contributed by atoms with Crippen molar-refractivity contribution in [3.05, 3.63) is 24.3 Å². The van der Waals surface area contributed by atoms with E-state index in [-0.39, 0.29) is 7.43 Å². The molecule has 31 unspecified atom stereocenters. The largest absolute Gasteiger partial charge is 0.162 e. The average Bonchev–Trinajstić information content (AvgIpc) is 1.58. The predicted octanol–water partition coefficient (Wildman–Crippen LogP) is 39.8. The molecule has 0 radical (unpaired) electrons. The van der Waals surface area contributed by atoms with Gasteiger partial charge in [0, 0.05) is 0 Å². The number of thioether (sulfide) groups is 1. The van der Waals surface area contributed by atoms with Crippen molar-refractivity contribution < 1.29 is 0 Å². The smallest absolute Gasteiger partial charge is 0.00335 e. The molecule has 1 saturated heterocycles. The molecule has 0 aromatic carbocycles. The van der Waals surface area contributed by atoms with E-state index in [2.05, 4.69) is 216 Å². The standard InChI is InChI=1S/3C11H20.4C10H18.2C10H16.C9H16S.3C9H16.CH4/c3*1-8(2)11-6-9-4-3-5-10(9)7-11;3*1-7(2)10-6-8-4-3-5-9(8)10;3*1-7(2)10-8-5-3-4-6-9(8)10;1-6(2)9-7-3-4-10-5-8(7)9;3*1-6(2)9-7-4-3-5-8(7)9;/h3*8-11H,3-7H2,1-2H3;4*7-10H,3-6H2,1-2H3;3,5,7-10H,4,6H2,1-2H3;3-4,7-10H,5-6H2,1-2H3;6-9H,3-5H2,1-2H3;3*6-9H,3-5H2,1-2H3;1H4. The number of fused-ring (bicyclic) bond motifs is 13. The molecular formula is C130H232S. The molecule has 1 aliphatic heterocycles. The van der Waals surface area contributed by atoms with Crippen molar-refractivity contribution in [1.82, 2.24) is 0 Å². The van der Waals surface area contributed by atoms with Gasteiger partial charge in [0.1, 0.15) is 0 Å². The lowest BCUT2D eigenvalue weighted by Gasteiger charge is -2.43. The molecule has 23 saturated carbocycles. The first kappa shape index (κ1) is 108. The van der Waals surface area contributed by atoms with Gasteiger partial charge in [0.25, 0.3) is 0 Å². The van der Waals surface area contributed by atoms with E-state index in [0.717, 1.165) is 272 Å². The Hall–Kier alpha value is -0.170. The summed E-state index contributed by atoms with van der Waals surface area (Å²) in [5.41, 5.74) is 0. The van der Waals surface area contributed by atoms with E-state index in [0.29, 0.717) is 0 Å². The molecule has 0 amide bonds. The number of hydrogen-bond donors (Lipinski definition) is 0. The third-order valence-corrected chi connectivity index (χ3v) is 46.7. The van der Waals surface area contributed by atoms with Gasteiger partial charge >= 0.3 is 0 Å². The van der Waals surface area contributed by atoms with E-state index in [1.807, 2.05) is 0 Å². The maximum Gasteiger partial charge on any atom is -0.00335 e. The van der Waals surface area contributed by atoms with Crippen LogP contribution in [0.5, 0.6) is 0 Å². The Kier molecular flexibility index (Phi) is 41.2. The summed E-state index contributed by atoms with van der Waals surface area (Å²) in [7, 11) is 0. The molecule has 26 rings (SSSR count). The molecule has 0 bridgehead atoms. The van der Waals surface area contributed by atoms with E-state index in [1.165, 1.54) is 150 Å². The third kappa shape index (κ3) is 27.9. The average molecular weight is 1830 g/mol. The van der Waals surface area contributed by atoms with Gasteiger partial charge < -0.3 is 0 Å². The number of allylic oxidation sites excluding steroid dienone is 4. The fourth-order valence-electron chi connectivity index (χ4n) is 37.9. The van der Waals surface area contributed by atoms with Crippen LogP contribution < -0.4 is 0 Å². The Morgan fingerprint density at radius 2 is 0.427 bits per heavy atom. The summed E-state index contributed by atoms with van der Waals surface area (Å²) in [6, 6.07) is 0. The summed E-state index contributed by atoms with van der Waals surface area (Å²) < 4.78 is 0. The van der Waals surface area contributed by atoms with E-state index >= 15 is 0 Å². The van der Waals surface area contributed by atoms with Gasteiger partial charge in [-0.3, -0.25) is 0 Å². The van der Waals surface area contributed by atoms with Crippen LogP contribution in [0.1, 0.15) is 476 Å². The predicted molar refractivity (Wildman–Crippen MR) is 579 cm³/mol. The van der Waals surface area contributed by atoms with Crippen molar-refractivity contribution in [2.75, 3.05) is 11.5 Å².